The van der Waals surface area contributed by atoms with E-state index in [1.807, 2.05) is 0 Å². The first-order valence-electron chi connectivity index (χ1n) is 11.7. The van der Waals surface area contributed by atoms with Crippen molar-refractivity contribution in [3.63, 3.8) is 0 Å². The first-order valence-corrected chi connectivity index (χ1v) is 11.7. The van der Waals surface area contributed by atoms with Gasteiger partial charge in [-0.05, 0) is 0 Å². The Bertz CT molecular complexity index is 86.1. The van der Waals surface area contributed by atoms with Crippen LogP contribution in [0.3, 0.4) is 0 Å². The van der Waals surface area contributed by atoms with Gasteiger partial charge < -0.3 is 0 Å². The molecule has 2 radical (unpaired) electrons. The standard InChI is InChI=1S/4C6H14.Pb.2H/c4*1-3-5-6-4-2;;;/h4*3-6H2,1-2H3;;;. The van der Waals surface area contributed by atoms with Crippen molar-refractivity contribution in [2.24, 2.45) is 0 Å². The second-order valence-electron chi connectivity index (χ2n) is 6.83. The molecule has 0 saturated heterocycles. The molecule has 0 aromatic carbocycles. The molecule has 0 unspecified atom stereocenters. The van der Waals surface area contributed by atoms with Crippen molar-refractivity contribution < 1.29 is 0 Å². The van der Waals surface area contributed by atoms with Crippen molar-refractivity contribution in [1.29, 1.82) is 0 Å². The topological polar surface area (TPSA) is 0 Å². The van der Waals surface area contributed by atoms with Crippen LogP contribution in [0.25, 0.3) is 0 Å². The van der Waals surface area contributed by atoms with Crippen LogP contribution in [-0.4, -0.2) is 27.3 Å². The molecule has 0 heterocycles. The van der Waals surface area contributed by atoms with E-state index in [1.54, 1.807) is 0 Å². The number of hydrogen-bond donors (Lipinski definition) is 0. The molecule has 0 amide bonds. The van der Waals surface area contributed by atoms with Gasteiger partial charge in [0.15, 0.2) is 0 Å². The van der Waals surface area contributed by atoms with Gasteiger partial charge in [0.25, 0.3) is 0 Å². The minimum absolute atomic E-state index is 0. The maximum atomic E-state index is 2.23. The molecule has 0 aliphatic carbocycles. The van der Waals surface area contributed by atoms with Gasteiger partial charge in [0.2, 0.25) is 0 Å². The van der Waals surface area contributed by atoms with Gasteiger partial charge >= 0.3 is 27.3 Å². The van der Waals surface area contributed by atoms with Crippen molar-refractivity contribution in [3.8, 4) is 0 Å². The fourth-order valence-electron chi connectivity index (χ4n) is 2.00. The Morgan fingerprint density at radius 2 is 0.320 bits per heavy atom. The molecule has 25 heavy (non-hydrogen) atoms. The average molecular weight is 554 g/mol. The molecule has 0 bridgehead atoms. The third-order valence-corrected chi connectivity index (χ3v) is 3.83. The second kappa shape index (κ2) is 49.8. The van der Waals surface area contributed by atoms with Crippen LogP contribution in [-0.2, 0) is 0 Å². The predicted octanol–water partition coefficient (Wildman–Crippen LogP) is 9.43. The zero-order valence-corrected chi connectivity index (χ0v) is 25.5. The molecular weight excluding hydrogens is 495 g/mol. The monoisotopic (exact) mass is 554 g/mol. The second-order valence-corrected chi connectivity index (χ2v) is 6.83. The molecule has 1 heteroatoms. The Morgan fingerprint density at radius 3 is 0.360 bits per heavy atom. The molecular formula is C24H58Pb. The average Bonchev–Trinajstić information content (AvgIpc) is 2.62. The van der Waals surface area contributed by atoms with Crippen LogP contribution < -0.4 is 0 Å². The van der Waals surface area contributed by atoms with Crippen LogP contribution in [0.5, 0.6) is 0 Å². The first-order chi connectivity index (χ1) is 11.7. The van der Waals surface area contributed by atoms with Crippen LogP contribution in [0, 0.1) is 0 Å². The van der Waals surface area contributed by atoms with Crippen molar-refractivity contribution in [2.45, 2.75) is 158 Å². The molecule has 0 aromatic rings. The van der Waals surface area contributed by atoms with E-state index >= 15 is 0 Å². The molecule has 0 spiro atoms. The number of unbranched alkanes of at least 4 members (excludes halogenated alkanes) is 12. The minimum atomic E-state index is 0. The Morgan fingerprint density at radius 1 is 0.240 bits per heavy atom. The molecule has 0 aliphatic rings. The van der Waals surface area contributed by atoms with E-state index in [0.29, 0.717) is 0 Å². The van der Waals surface area contributed by atoms with Crippen LogP contribution in [0.1, 0.15) is 158 Å². The van der Waals surface area contributed by atoms with E-state index < -0.39 is 0 Å². The molecule has 0 nitrogen and oxygen atoms in total. The van der Waals surface area contributed by atoms with Gasteiger partial charge in [0.05, 0.1) is 0 Å². The number of rotatable bonds is 12. The summed E-state index contributed by atoms with van der Waals surface area (Å²) in [6.07, 6.45) is 22.1. The molecule has 158 valence electrons. The Hall–Kier alpha value is 0.922. The third kappa shape index (κ3) is 78.4. The molecule has 0 aliphatic heterocycles. The third-order valence-electron chi connectivity index (χ3n) is 3.83. The maximum absolute atomic E-state index is 2.23. The summed E-state index contributed by atoms with van der Waals surface area (Å²) in [4.78, 5) is 0. The molecule has 0 saturated carbocycles. The predicted molar refractivity (Wildman–Crippen MR) is 128 cm³/mol. The van der Waals surface area contributed by atoms with E-state index in [-0.39, 0.29) is 27.3 Å². The molecule has 0 rings (SSSR count). The van der Waals surface area contributed by atoms with E-state index in [4.69, 9.17) is 0 Å². The Balaban J connectivity index is -0.0000000702. The summed E-state index contributed by atoms with van der Waals surface area (Å²) in [6.45, 7) is 17.9. The van der Waals surface area contributed by atoms with Gasteiger partial charge in [-0.25, -0.2) is 0 Å². The first kappa shape index (κ1) is 36.8. The van der Waals surface area contributed by atoms with Gasteiger partial charge in [0, 0.05) is 0 Å². The van der Waals surface area contributed by atoms with Crippen molar-refractivity contribution in [3.05, 3.63) is 0 Å². The van der Waals surface area contributed by atoms with E-state index in [0.717, 1.165) is 0 Å². The van der Waals surface area contributed by atoms with Crippen LogP contribution >= 0.6 is 0 Å². The zero-order chi connectivity index (χ0) is 19.3. The fraction of sp³-hybridized carbons (Fsp3) is 1.00. The van der Waals surface area contributed by atoms with Gasteiger partial charge in [0.1, 0.15) is 0 Å². The molecule has 0 fully saturated rings. The molecule has 0 atom stereocenters. The van der Waals surface area contributed by atoms with Gasteiger partial charge in [-0.3, -0.25) is 0 Å². The summed E-state index contributed by atoms with van der Waals surface area (Å²) in [5.74, 6) is 0. The summed E-state index contributed by atoms with van der Waals surface area (Å²) < 4.78 is 0. The summed E-state index contributed by atoms with van der Waals surface area (Å²) in [5, 5.41) is 0. The van der Waals surface area contributed by atoms with Crippen LogP contribution in [0.15, 0.2) is 0 Å². The normalized spacial score (nSPS) is 8.64. The van der Waals surface area contributed by atoms with Crippen molar-refractivity contribution >= 4 is 27.3 Å². The summed E-state index contributed by atoms with van der Waals surface area (Å²) in [5.41, 5.74) is 0. The SMILES string of the molecule is CCCCCC.CCCCCC.CCCCCC.CCCCCC.[PbH2]. The molecule has 0 N–H and O–H groups in total. The summed E-state index contributed by atoms with van der Waals surface area (Å²) >= 11 is 0. The summed E-state index contributed by atoms with van der Waals surface area (Å²) in [6, 6.07) is 0. The van der Waals surface area contributed by atoms with E-state index in [2.05, 4.69) is 55.4 Å². The fourth-order valence-corrected chi connectivity index (χ4v) is 2.00. The van der Waals surface area contributed by atoms with Crippen molar-refractivity contribution in [1.82, 2.24) is 0 Å². The van der Waals surface area contributed by atoms with Crippen LogP contribution in [0.2, 0.25) is 0 Å². The summed E-state index contributed by atoms with van der Waals surface area (Å²) in [7, 11) is 0. The van der Waals surface area contributed by atoms with Gasteiger partial charge in [-0.2, -0.15) is 0 Å². The molecule has 0 aromatic heterocycles. The quantitative estimate of drug-likeness (QED) is 0.167. The van der Waals surface area contributed by atoms with Crippen LogP contribution in [0.4, 0.5) is 0 Å². The zero-order valence-electron chi connectivity index (χ0n) is 20.0. The van der Waals surface area contributed by atoms with E-state index in [1.165, 1.54) is 103 Å². The number of hydrogen-bond acceptors (Lipinski definition) is 0. The van der Waals surface area contributed by atoms with E-state index in [9.17, 15) is 0 Å². The van der Waals surface area contributed by atoms with Crippen molar-refractivity contribution in [2.75, 3.05) is 0 Å². The van der Waals surface area contributed by atoms with Gasteiger partial charge in [-0.15, -0.1) is 0 Å². The Labute approximate surface area is 184 Å². The van der Waals surface area contributed by atoms with Gasteiger partial charge in [-0.1, -0.05) is 158 Å². The Kier molecular flexibility index (Phi) is 73.3.